The molecular formula is C10H18O2. The van der Waals surface area contributed by atoms with E-state index in [1.54, 1.807) is 0 Å². The lowest BCUT2D eigenvalue weighted by molar-refractivity contribution is -0.154. The monoisotopic (exact) mass is 170 g/mol. The van der Waals surface area contributed by atoms with Gasteiger partial charge in [-0.2, -0.15) is 0 Å². The highest BCUT2D eigenvalue weighted by atomic mass is 16.4. The highest BCUT2D eigenvalue weighted by Gasteiger charge is 2.43. The van der Waals surface area contributed by atoms with Gasteiger partial charge in [-0.15, -0.1) is 0 Å². The molecule has 2 heteroatoms. The maximum Gasteiger partial charge on any atom is 0.309 e. The molecule has 0 radical (unpaired) electrons. The number of aliphatic carboxylic acids is 1. The maximum absolute atomic E-state index is 11.0. The summed E-state index contributed by atoms with van der Waals surface area (Å²) < 4.78 is 0. The van der Waals surface area contributed by atoms with Crippen molar-refractivity contribution in [3.8, 4) is 0 Å². The molecule has 1 rings (SSSR count). The molecule has 0 aromatic heterocycles. The molecule has 2 nitrogen and oxygen atoms in total. The van der Waals surface area contributed by atoms with E-state index in [2.05, 4.69) is 6.92 Å². The number of carboxylic acid groups (broad SMARTS) is 1. The Morgan fingerprint density at radius 3 is 2.42 bits per heavy atom. The molecule has 1 fully saturated rings. The van der Waals surface area contributed by atoms with Crippen LogP contribution in [0.5, 0.6) is 0 Å². The average Bonchev–Trinajstić information content (AvgIpc) is 1.83. The molecule has 0 aromatic rings. The first-order chi connectivity index (χ1) is 5.61. The van der Waals surface area contributed by atoms with E-state index in [1.165, 1.54) is 6.42 Å². The minimum absolute atomic E-state index is 0.437. The van der Waals surface area contributed by atoms with Gasteiger partial charge in [-0.1, -0.05) is 19.8 Å². The second-order valence-corrected chi connectivity index (χ2v) is 4.10. The highest BCUT2D eigenvalue weighted by molar-refractivity contribution is 5.74. The Kier molecular flexibility index (Phi) is 2.76. The van der Waals surface area contributed by atoms with Gasteiger partial charge in [0.1, 0.15) is 0 Å². The van der Waals surface area contributed by atoms with Gasteiger partial charge in [0, 0.05) is 0 Å². The third-order valence-corrected chi connectivity index (χ3v) is 3.26. The first kappa shape index (κ1) is 9.56. The number of hydrogen-bond donors (Lipinski definition) is 1. The Balaban J connectivity index is 2.63. The Morgan fingerprint density at radius 2 is 2.17 bits per heavy atom. The molecule has 0 bridgehead atoms. The largest absolute Gasteiger partial charge is 0.481 e. The van der Waals surface area contributed by atoms with Crippen molar-refractivity contribution in [2.45, 2.75) is 46.0 Å². The third kappa shape index (κ3) is 1.47. The van der Waals surface area contributed by atoms with Crippen molar-refractivity contribution in [1.29, 1.82) is 0 Å². The van der Waals surface area contributed by atoms with E-state index in [9.17, 15) is 4.79 Å². The zero-order chi connectivity index (χ0) is 9.19. The van der Waals surface area contributed by atoms with Crippen LogP contribution < -0.4 is 0 Å². The van der Waals surface area contributed by atoms with Crippen LogP contribution in [-0.4, -0.2) is 11.1 Å². The van der Waals surface area contributed by atoms with Gasteiger partial charge in [0.25, 0.3) is 0 Å². The molecular weight excluding hydrogens is 152 g/mol. The number of carboxylic acids is 1. The lowest BCUT2D eigenvalue weighted by Crippen LogP contribution is -2.39. The van der Waals surface area contributed by atoms with E-state index in [0.29, 0.717) is 5.92 Å². The number of rotatable bonds is 4. The predicted octanol–water partition coefficient (Wildman–Crippen LogP) is 2.68. The third-order valence-electron chi connectivity index (χ3n) is 3.26. The van der Waals surface area contributed by atoms with Crippen LogP contribution in [0.15, 0.2) is 0 Å². The van der Waals surface area contributed by atoms with Crippen molar-refractivity contribution < 1.29 is 9.90 Å². The second-order valence-electron chi connectivity index (χ2n) is 4.10. The number of hydrogen-bond acceptors (Lipinski definition) is 1. The predicted molar refractivity (Wildman–Crippen MR) is 48.0 cm³/mol. The molecule has 1 saturated carbocycles. The Labute approximate surface area is 74.0 Å². The van der Waals surface area contributed by atoms with Crippen molar-refractivity contribution in [1.82, 2.24) is 0 Å². The Morgan fingerprint density at radius 1 is 1.58 bits per heavy atom. The molecule has 0 amide bonds. The smallest absolute Gasteiger partial charge is 0.309 e. The van der Waals surface area contributed by atoms with Crippen LogP contribution in [0.3, 0.4) is 0 Å². The summed E-state index contributed by atoms with van der Waals surface area (Å²) in [7, 11) is 0. The van der Waals surface area contributed by atoms with Crippen LogP contribution in [0.2, 0.25) is 0 Å². The second kappa shape index (κ2) is 3.46. The van der Waals surface area contributed by atoms with Crippen LogP contribution >= 0.6 is 0 Å². The van der Waals surface area contributed by atoms with Gasteiger partial charge >= 0.3 is 5.97 Å². The molecule has 0 aliphatic heterocycles. The maximum atomic E-state index is 11.0. The summed E-state index contributed by atoms with van der Waals surface area (Å²) in [5.41, 5.74) is -0.437. The summed E-state index contributed by atoms with van der Waals surface area (Å²) in [5, 5.41) is 9.10. The van der Waals surface area contributed by atoms with Crippen molar-refractivity contribution >= 4 is 5.97 Å². The molecule has 0 heterocycles. The van der Waals surface area contributed by atoms with Crippen molar-refractivity contribution in [3.05, 3.63) is 0 Å². The van der Waals surface area contributed by atoms with E-state index >= 15 is 0 Å². The zero-order valence-electron chi connectivity index (χ0n) is 7.97. The van der Waals surface area contributed by atoms with Crippen molar-refractivity contribution in [3.63, 3.8) is 0 Å². The molecule has 1 unspecified atom stereocenters. The molecule has 0 saturated heterocycles. The molecule has 1 N–H and O–H groups in total. The summed E-state index contributed by atoms with van der Waals surface area (Å²) in [6.45, 7) is 3.96. The summed E-state index contributed by atoms with van der Waals surface area (Å²) in [6, 6.07) is 0. The van der Waals surface area contributed by atoms with Crippen molar-refractivity contribution in [2.24, 2.45) is 11.3 Å². The molecule has 0 spiro atoms. The normalized spacial score (nSPS) is 22.8. The van der Waals surface area contributed by atoms with Crippen LogP contribution in [0.25, 0.3) is 0 Å². The van der Waals surface area contributed by atoms with E-state index in [0.717, 1.165) is 25.7 Å². The number of carbonyl (C=O) groups is 1. The van der Waals surface area contributed by atoms with Crippen LogP contribution in [0.4, 0.5) is 0 Å². The lowest BCUT2D eigenvalue weighted by Gasteiger charge is -2.39. The van der Waals surface area contributed by atoms with Gasteiger partial charge in [0.2, 0.25) is 0 Å². The molecule has 70 valence electrons. The summed E-state index contributed by atoms with van der Waals surface area (Å²) in [6.07, 6.45) is 5.25. The first-order valence-electron chi connectivity index (χ1n) is 4.84. The van der Waals surface area contributed by atoms with Crippen LogP contribution in [-0.2, 0) is 4.79 Å². The Bertz CT molecular complexity index is 173. The highest BCUT2D eigenvalue weighted by Crippen LogP contribution is 2.44. The van der Waals surface area contributed by atoms with Gasteiger partial charge < -0.3 is 5.11 Å². The molecule has 1 atom stereocenters. The first-order valence-corrected chi connectivity index (χ1v) is 4.84. The minimum atomic E-state index is -0.603. The fraction of sp³-hybridized carbons (Fsp3) is 0.900. The van der Waals surface area contributed by atoms with Gasteiger partial charge in [-0.05, 0) is 32.1 Å². The minimum Gasteiger partial charge on any atom is -0.481 e. The molecule has 1 aliphatic rings. The standard InChI is InChI=1S/C10H18O2/c1-3-7-10(2,9(11)12)8-5-4-6-8/h8H,3-7H2,1-2H3,(H,11,12). The summed E-state index contributed by atoms with van der Waals surface area (Å²) in [4.78, 5) is 11.0. The van der Waals surface area contributed by atoms with Crippen molar-refractivity contribution in [2.75, 3.05) is 0 Å². The van der Waals surface area contributed by atoms with Gasteiger partial charge in [-0.25, -0.2) is 0 Å². The van der Waals surface area contributed by atoms with Crippen LogP contribution in [0.1, 0.15) is 46.0 Å². The molecule has 1 aliphatic carbocycles. The van der Waals surface area contributed by atoms with E-state index < -0.39 is 11.4 Å². The van der Waals surface area contributed by atoms with Gasteiger partial charge in [-0.3, -0.25) is 4.79 Å². The van der Waals surface area contributed by atoms with E-state index in [1.807, 2.05) is 6.92 Å². The van der Waals surface area contributed by atoms with Gasteiger partial charge in [0.05, 0.1) is 5.41 Å². The zero-order valence-corrected chi connectivity index (χ0v) is 7.97. The lowest BCUT2D eigenvalue weighted by atomic mass is 9.64. The van der Waals surface area contributed by atoms with E-state index in [-0.39, 0.29) is 0 Å². The summed E-state index contributed by atoms with van der Waals surface area (Å²) in [5.74, 6) is -0.163. The molecule has 0 aromatic carbocycles. The molecule has 12 heavy (non-hydrogen) atoms. The van der Waals surface area contributed by atoms with E-state index in [4.69, 9.17) is 5.11 Å². The fourth-order valence-electron chi connectivity index (χ4n) is 2.05. The summed E-state index contributed by atoms with van der Waals surface area (Å²) >= 11 is 0. The quantitative estimate of drug-likeness (QED) is 0.704. The topological polar surface area (TPSA) is 37.3 Å². The average molecular weight is 170 g/mol. The van der Waals surface area contributed by atoms with Crippen LogP contribution in [0, 0.1) is 11.3 Å². The fourth-order valence-corrected chi connectivity index (χ4v) is 2.05. The SMILES string of the molecule is CCCC(C)(C(=O)O)C1CCC1. The van der Waals surface area contributed by atoms with Gasteiger partial charge in [0.15, 0.2) is 0 Å². The Hall–Kier alpha value is -0.530.